The number of amides is 3. The Balaban J connectivity index is 2.18. The lowest BCUT2D eigenvalue weighted by Gasteiger charge is -2.24. The molecule has 6 heteroatoms. The van der Waals surface area contributed by atoms with Crippen molar-refractivity contribution in [1.29, 1.82) is 0 Å². The molecule has 0 unspecified atom stereocenters. The highest BCUT2D eigenvalue weighted by molar-refractivity contribution is 6.07. The molecule has 0 saturated carbocycles. The van der Waals surface area contributed by atoms with E-state index in [0.717, 1.165) is 4.90 Å². The molecule has 1 atom stereocenters. The zero-order chi connectivity index (χ0) is 15.6. The summed E-state index contributed by atoms with van der Waals surface area (Å²) in [6.07, 6.45) is -0.300. The van der Waals surface area contributed by atoms with Crippen LogP contribution in [-0.2, 0) is 4.79 Å². The number of aliphatic hydroxyl groups excluding tert-OH is 1. The minimum Gasteiger partial charge on any atom is -0.386 e. The molecule has 1 aliphatic heterocycles. The first-order chi connectivity index (χ1) is 9.95. The Bertz CT molecular complexity index is 558. The van der Waals surface area contributed by atoms with Crippen LogP contribution in [0.5, 0.6) is 0 Å². The second-order valence-corrected chi connectivity index (χ2v) is 5.17. The highest BCUT2D eigenvalue weighted by Crippen LogP contribution is 2.27. The number of rotatable bonds is 5. The number of hydrogen-bond donors (Lipinski definition) is 2. The number of halogens is 1. The van der Waals surface area contributed by atoms with Crippen LogP contribution in [0, 0.1) is 5.82 Å². The molecule has 1 aromatic rings. The van der Waals surface area contributed by atoms with Gasteiger partial charge in [0.25, 0.3) is 5.91 Å². The number of imide groups is 1. The third-order valence-electron chi connectivity index (χ3n) is 4.07. The van der Waals surface area contributed by atoms with Crippen molar-refractivity contribution in [2.24, 2.45) is 0 Å². The van der Waals surface area contributed by atoms with Crippen molar-refractivity contribution in [1.82, 2.24) is 10.2 Å². The lowest BCUT2D eigenvalue weighted by molar-refractivity contribution is -0.132. The maximum absolute atomic E-state index is 13.6. The van der Waals surface area contributed by atoms with Gasteiger partial charge >= 0.3 is 6.03 Å². The number of aliphatic hydroxyl groups is 1. The van der Waals surface area contributed by atoms with Crippen molar-refractivity contribution in [3.63, 3.8) is 0 Å². The lowest BCUT2D eigenvalue weighted by atomic mass is 9.93. The highest BCUT2D eigenvalue weighted by Gasteiger charge is 2.49. The van der Waals surface area contributed by atoms with Crippen LogP contribution in [0.25, 0.3) is 0 Å². The fourth-order valence-corrected chi connectivity index (χ4v) is 2.59. The van der Waals surface area contributed by atoms with Gasteiger partial charge in [-0.15, -0.1) is 0 Å². The minimum atomic E-state index is -1.24. The molecule has 1 saturated heterocycles. The molecule has 2 rings (SSSR count). The average molecular weight is 294 g/mol. The molecule has 5 nitrogen and oxygen atoms in total. The summed E-state index contributed by atoms with van der Waals surface area (Å²) >= 11 is 0. The van der Waals surface area contributed by atoms with Crippen LogP contribution in [0.3, 0.4) is 0 Å². The maximum Gasteiger partial charge on any atom is 0.325 e. The summed E-state index contributed by atoms with van der Waals surface area (Å²) in [5.41, 5.74) is -0.838. The second kappa shape index (κ2) is 5.81. The normalized spacial score (nSPS) is 18.8. The largest absolute Gasteiger partial charge is 0.386 e. The molecule has 1 fully saturated rings. The zero-order valence-corrected chi connectivity index (χ0v) is 12.1. The topological polar surface area (TPSA) is 69.6 Å². The van der Waals surface area contributed by atoms with E-state index in [9.17, 15) is 19.1 Å². The monoisotopic (exact) mass is 294 g/mol. The molecule has 0 aliphatic carbocycles. The summed E-state index contributed by atoms with van der Waals surface area (Å²) in [5, 5.41) is 12.8. The van der Waals surface area contributed by atoms with Gasteiger partial charge in [-0.2, -0.15) is 0 Å². The number of nitrogens with one attached hydrogen (secondary N) is 1. The van der Waals surface area contributed by atoms with E-state index in [0.29, 0.717) is 12.8 Å². The Hall–Kier alpha value is -1.95. The Kier molecular flexibility index (Phi) is 4.27. The molecular weight excluding hydrogens is 275 g/mol. The molecule has 21 heavy (non-hydrogen) atoms. The van der Waals surface area contributed by atoms with Crippen molar-refractivity contribution in [3.8, 4) is 0 Å². The van der Waals surface area contributed by atoms with Crippen LogP contribution >= 0.6 is 0 Å². The van der Waals surface area contributed by atoms with Crippen molar-refractivity contribution >= 4 is 11.9 Å². The van der Waals surface area contributed by atoms with E-state index in [1.807, 2.05) is 13.8 Å². The lowest BCUT2D eigenvalue weighted by Crippen LogP contribution is -2.46. The summed E-state index contributed by atoms with van der Waals surface area (Å²) in [4.78, 5) is 25.3. The number of hydrogen-bond acceptors (Lipinski definition) is 3. The Morgan fingerprint density at radius 3 is 2.43 bits per heavy atom. The van der Waals surface area contributed by atoms with Crippen molar-refractivity contribution < 1.29 is 19.1 Å². The number of carbonyl (C=O) groups excluding carboxylic acids is 2. The van der Waals surface area contributed by atoms with Gasteiger partial charge < -0.3 is 10.4 Å². The Labute approximate surface area is 122 Å². The van der Waals surface area contributed by atoms with Gasteiger partial charge in [0.05, 0.1) is 12.6 Å². The van der Waals surface area contributed by atoms with Gasteiger partial charge in [-0.1, -0.05) is 32.0 Å². The van der Waals surface area contributed by atoms with Crippen LogP contribution in [0.15, 0.2) is 24.3 Å². The average Bonchev–Trinajstić information content (AvgIpc) is 2.72. The third-order valence-corrected chi connectivity index (χ3v) is 4.07. The standard InChI is InChI=1S/C15H19FN2O3/c1-3-15(4-2)13(20)18(14(21)17-15)9-12(19)10-7-5-6-8-11(10)16/h5-8,12,19H,3-4,9H2,1-2H3,(H,17,21)/t12-/m1/s1. The van der Waals surface area contributed by atoms with E-state index in [4.69, 9.17) is 0 Å². The van der Waals surface area contributed by atoms with Crippen LogP contribution in [0.1, 0.15) is 38.4 Å². The Morgan fingerprint density at radius 2 is 1.90 bits per heavy atom. The molecule has 1 aromatic carbocycles. The quantitative estimate of drug-likeness (QED) is 0.816. The van der Waals surface area contributed by atoms with E-state index < -0.39 is 23.5 Å². The van der Waals surface area contributed by atoms with Crippen LogP contribution in [0.4, 0.5) is 9.18 Å². The van der Waals surface area contributed by atoms with E-state index in [2.05, 4.69) is 5.32 Å². The smallest absolute Gasteiger partial charge is 0.325 e. The van der Waals surface area contributed by atoms with Gasteiger partial charge in [-0.05, 0) is 18.9 Å². The van der Waals surface area contributed by atoms with Crippen LogP contribution < -0.4 is 5.32 Å². The summed E-state index contributed by atoms with van der Waals surface area (Å²) in [5.74, 6) is -0.929. The van der Waals surface area contributed by atoms with Gasteiger partial charge in [0, 0.05) is 5.56 Å². The SMILES string of the molecule is CCC1(CC)NC(=O)N(C[C@@H](O)c2ccccc2F)C1=O. The van der Waals surface area contributed by atoms with Crippen molar-refractivity contribution in [3.05, 3.63) is 35.6 Å². The fraction of sp³-hybridized carbons (Fsp3) is 0.467. The predicted octanol–water partition coefficient (Wildman–Crippen LogP) is 1.97. The van der Waals surface area contributed by atoms with Crippen molar-refractivity contribution in [2.45, 2.75) is 38.3 Å². The van der Waals surface area contributed by atoms with Gasteiger partial charge in [0.1, 0.15) is 11.4 Å². The van der Waals surface area contributed by atoms with Gasteiger partial charge in [-0.3, -0.25) is 9.69 Å². The zero-order valence-electron chi connectivity index (χ0n) is 12.1. The summed E-state index contributed by atoms with van der Waals surface area (Å²) in [7, 11) is 0. The van der Waals surface area contributed by atoms with Gasteiger partial charge in [0.15, 0.2) is 0 Å². The number of β-amino-alcohol motifs (C(OH)–C–C–N with tert-alkyl or cyclic N) is 1. The first kappa shape index (κ1) is 15.4. The molecule has 0 radical (unpaired) electrons. The number of benzene rings is 1. The fourth-order valence-electron chi connectivity index (χ4n) is 2.59. The molecule has 0 aromatic heterocycles. The van der Waals surface area contributed by atoms with E-state index in [-0.39, 0.29) is 18.0 Å². The second-order valence-electron chi connectivity index (χ2n) is 5.17. The number of carbonyl (C=O) groups is 2. The van der Waals surface area contributed by atoms with E-state index >= 15 is 0 Å². The minimum absolute atomic E-state index is 0.0728. The summed E-state index contributed by atoms with van der Waals surface area (Å²) in [6, 6.07) is 5.23. The number of urea groups is 1. The van der Waals surface area contributed by atoms with Crippen molar-refractivity contribution in [2.75, 3.05) is 6.54 Å². The number of nitrogens with zero attached hydrogens (tertiary/aromatic N) is 1. The molecule has 0 bridgehead atoms. The first-order valence-electron chi connectivity index (χ1n) is 7.01. The molecule has 1 aliphatic rings. The molecule has 114 valence electrons. The summed E-state index contributed by atoms with van der Waals surface area (Å²) < 4.78 is 13.6. The van der Waals surface area contributed by atoms with Crippen LogP contribution in [0.2, 0.25) is 0 Å². The van der Waals surface area contributed by atoms with Gasteiger partial charge in [-0.25, -0.2) is 9.18 Å². The van der Waals surface area contributed by atoms with E-state index in [1.54, 1.807) is 6.07 Å². The van der Waals surface area contributed by atoms with Crippen LogP contribution in [-0.4, -0.2) is 34.0 Å². The maximum atomic E-state index is 13.6. The van der Waals surface area contributed by atoms with Gasteiger partial charge in [0.2, 0.25) is 0 Å². The molecular formula is C15H19FN2O3. The summed E-state index contributed by atoms with van der Waals surface area (Å²) in [6.45, 7) is 3.38. The third kappa shape index (κ3) is 2.63. The predicted molar refractivity (Wildman–Crippen MR) is 74.9 cm³/mol. The molecule has 3 amide bonds. The first-order valence-corrected chi connectivity index (χ1v) is 7.01. The van der Waals surface area contributed by atoms with E-state index in [1.165, 1.54) is 18.2 Å². The molecule has 1 heterocycles. The highest BCUT2D eigenvalue weighted by atomic mass is 19.1. The molecule has 2 N–H and O–H groups in total. The molecule has 0 spiro atoms. The Morgan fingerprint density at radius 1 is 1.29 bits per heavy atom.